The third-order valence-corrected chi connectivity index (χ3v) is 2.45. The quantitative estimate of drug-likeness (QED) is 0.815. The van der Waals surface area contributed by atoms with Gasteiger partial charge in [0, 0.05) is 20.3 Å². The fraction of sp³-hybridized carbons (Fsp3) is 0.636. The van der Waals surface area contributed by atoms with Gasteiger partial charge in [-0.1, -0.05) is 0 Å². The maximum absolute atomic E-state index is 12.8. The molecule has 1 aromatic rings. The van der Waals surface area contributed by atoms with Gasteiger partial charge >= 0.3 is 12.1 Å². The lowest BCUT2D eigenvalue weighted by Gasteiger charge is -2.16. The van der Waals surface area contributed by atoms with E-state index in [9.17, 15) is 18.0 Å². The summed E-state index contributed by atoms with van der Waals surface area (Å²) in [7, 11) is 1.17. The molecule has 0 aliphatic rings. The van der Waals surface area contributed by atoms with Crippen molar-refractivity contribution in [2.24, 2.45) is 7.05 Å². The number of aromatic carboxylic acids is 1. The molecule has 1 N–H and O–H groups in total. The molecule has 0 unspecified atom stereocenters. The van der Waals surface area contributed by atoms with Gasteiger partial charge in [0.2, 0.25) is 6.29 Å². The minimum Gasteiger partial charge on any atom is -0.477 e. The van der Waals surface area contributed by atoms with Crippen molar-refractivity contribution >= 4 is 5.97 Å². The predicted octanol–water partition coefficient (Wildman–Crippen LogP) is 2.21. The van der Waals surface area contributed by atoms with Gasteiger partial charge in [0.05, 0.1) is 0 Å². The van der Waals surface area contributed by atoms with Crippen LogP contribution in [0.2, 0.25) is 0 Å². The van der Waals surface area contributed by atoms with Gasteiger partial charge in [-0.2, -0.15) is 13.2 Å². The van der Waals surface area contributed by atoms with Gasteiger partial charge < -0.3 is 19.1 Å². The lowest BCUT2D eigenvalue weighted by atomic mass is 10.3. The van der Waals surface area contributed by atoms with Gasteiger partial charge in [-0.15, -0.1) is 0 Å². The maximum Gasteiger partial charge on any atom is 0.435 e. The Hall–Kier alpha value is -1.61. The van der Waals surface area contributed by atoms with E-state index in [0.29, 0.717) is 0 Å². The second kappa shape index (κ2) is 6.23. The van der Waals surface area contributed by atoms with Crippen molar-refractivity contribution in [2.75, 3.05) is 13.2 Å². The molecule has 0 bridgehead atoms. The van der Waals surface area contributed by atoms with Crippen molar-refractivity contribution in [1.29, 1.82) is 0 Å². The molecule has 1 rings (SSSR count). The Bertz CT molecular complexity index is 479. The van der Waals surface area contributed by atoms with Crippen molar-refractivity contribution < 1.29 is 32.5 Å². The largest absolute Gasteiger partial charge is 0.477 e. The Morgan fingerprint density at radius 2 is 1.85 bits per heavy atom. The molecule has 0 radical (unpaired) electrons. The van der Waals surface area contributed by atoms with E-state index < -0.39 is 29.8 Å². The molecule has 0 aliphatic carbocycles. The van der Waals surface area contributed by atoms with Gasteiger partial charge in [0.25, 0.3) is 0 Å². The van der Waals surface area contributed by atoms with Crippen LogP contribution >= 0.6 is 0 Å². The van der Waals surface area contributed by atoms with E-state index in [1.165, 1.54) is 7.05 Å². The Morgan fingerprint density at radius 1 is 1.35 bits per heavy atom. The summed E-state index contributed by atoms with van der Waals surface area (Å²) in [4.78, 5) is 14.3. The van der Waals surface area contributed by atoms with Crippen molar-refractivity contribution in [3.8, 4) is 0 Å². The summed E-state index contributed by atoms with van der Waals surface area (Å²) >= 11 is 0. The van der Waals surface area contributed by atoms with Gasteiger partial charge in [0.15, 0.2) is 17.2 Å². The number of ether oxygens (including phenoxy) is 2. The highest BCUT2D eigenvalue weighted by atomic mass is 19.4. The summed E-state index contributed by atoms with van der Waals surface area (Å²) in [6, 6.07) is 0. The summed E-state index contributed by atoms with van der Waals surface area (Å²) in [5, 5.41) is 8.92. The molecular weight excluding hydrogens is 281 g/mol. The second-order valence-corrected chi connectivity index (χ2v) is 3.77. The maximum atomic E-state index is 12.8. The fourth-order valence-corrected chi connectivity index (χ4v) is 1.67. The van der Waals surface area contributed by atoms with Crippen LogP contribution in [-0.4, -0.2) is 33.8 Å². The highest BCUT2D eigenvalue weighted by molar-refractivity contribution is 5.87. The summed E-state index contributed by atoms with van der Waals surface area (Å²) in [5.74, 6) is -1.95. The van der Waals surface area contributed by atoms with Crippen LogP contribution in [-0.2, 0) is 22.7 Å². The Labute approximate surface area is 113 Å². The number of alkyl halides is 3. The fourth-order valence-electron chi connectivity index (χ4n) is 1.67. The van der Waals surface area contributed by atoms with E-state index in [4.69, 9.17) is 14.6 Å². The molecule has 1 aromatic heterocycles. The first-order valence-electron chi connectivity index (χ1n) is 5.84. The van der Waals surface area contributed by atoms with Crippen LogP contribution < -0.4 is 0 Å². The molecule has 0 atom stereocenters. The lowest BCUT2D eigenvalue weighted by molar-refractivity contribution is -0.149. The second-order valence-electron chi connectivity index (χ2n) is 3.77. The van der Waals surface area contributed by atoms with Crippen LogP contribution in [0.15, 0.2) is 0 Å². The molecule has 9 heteroatoms. The van der Waals surface area contributed by atoms with E-state index in [2.05, 4.69) is 4.98 Å². The zero-order chi connectivity index (χ0) is 15.5. The van der Waals surface area contributed by atoms with Crippen LogP contribution in [0.25, 0.3) is 0 Å². The van der Waals surface area contributed by atoms with Gasteiger partial charge in [-0.05, 0) is 13.8 Å². The number of carbonyl (C=O) groups is 1. The van der Waals surface area contributed by atoms with Crippen LogP contribution in [0.3, 0.4) is 0 Å². The highest BCUT2D eigenvalue weighted by Crippen LogP contribution is 2.33. The number of nitrogens with zero attached hydrogens (tertiary/aromatic N) is 2. The summed E-state index contributed by atoms with van der Waals surface area (Å²) in [6.07, 6.45) is -6.02. The van der Waals surface area contributed by atoms with Crippen molar-refractivity contribution in [1.82, 2.24) is 9.55 Å². The molecule has 0 fully saturated rings. The molecule has 0 aromatic carbocycles. The Kier molecular flexibility index (Phi) is 5.12. The SMILES string of the molecule is CCOC(OCC)c1nc(C(F)(F)F)c(C(=O)O)n1C. The topological polar surface area (TPSA) is 73.6 Å². The predicted molar refractivity (Wildman–Crippen MR) is 61.2 cm³/mol. The number of imidazole rings is 1. The van der Waals surface area contributed by atoms with E-state index in [0.717, 1.165) is 4.57 Å². The van der Waals surface area contributed by atoms with E-state index >= 15 is 0 Å². The zero-order valence-corrected chi connectivity index (χ0v) is 11.2. The number of halogens is 3. The minimum atomic E-state index is -4.87. The number of carboxylic acid groups (broad SMARTS) is 1. The highest BCUT2D eigenvalue weighted by Gasteiger charge is 2.42. The van der Waals surface area contributed by atoms with Crippen LogP contribution in [0, 0.1) is 0 Å². The summed E-state index contributed by atoms with van der Waals surface area (Å²) < 4.78 is 49.6. The summed E-state index contributed by atoms with van der Waals surface area (Å²) in [6.45, 7) is 3.64. The first kappa shape index (κ1) is 16.4. The molecule has 1 heterocycles. The molecule has 0 spiro atoms. The minimum absolute atomic E-state index is 0.182. The van der Waals surface area contributed by atoms with Gasteiger partial charge in [-0.3, -0.25) is 0 Å². The average Bonchev–Trinajstić information content (AvgIpc) is 2.66. The van der Waals surface area contributed by atoms with E-state index in [-0.39, 0.29) is 19.0 Å². The molecule has 0 saturated carbocycles. The third kappa shape index (κ3) is 3.28. The van der Waals surface area contributed by atoms with E-state index in [1.54, 1.807) is 13.8 Å². The first-order chi connectivity index (χ1) is 9.23. The van der Waals surface area contributed by atoms with Crippen LogP contribution in [0.1, 0.15) is 42.1 Å². The van der Waals surface area contributed by atoms with Crippen molar-refractivity contribution in [2.45, 2.75) is 26.3 Å². The van der Waals surface area contributed by atoms with Gasteiger partial charge in [0.1, 0.15) is 0 Å². The molecule has 0 amide bonds. The Balaban J connectivity index is 3.38. The van der Waals surface area contributed by atoms with E-state index in [1.807, 2.05) is 0 Å². The monoisotopic (exact) mass is 296 g/mol. The van der Waals surface area contributed by atoms with Crippen LogP contribution in [0.4, 0.5) is 13.2 Å². The summed E-state index contributed by atoms with van der Waals surface area (Å²) in [5.41, 5.74) is -2.41. The molecule has 0 aliphatic heterocycles. The van der Waals surface area contributed by atoms with Gasteiger partial charge in [-0.25, -0.2) is 9.78 Å². The number of aromatic nitrogens is 2. The molecule has 6 nitrogen and oxygen atoms in total. The van der Waals surface area contributed by atoms with Crippen molar-refractivity contribution in [3.63, 3.8) is 0 Å². The number of rotatable bonds is 6. The smallest absolute Gasteiger partial charge is 0.435 e. The number of hydrogen-bond donors (Lipinski definition) is 1. The number of hydrogen-bond acceptors (Lipinski definition) is 4. The first-order valence-corrected chi connectivity index (χ1v) is 5.84. The number of carboxylic acids is 1. The van der Waals surface area contributed by atoms with Crippen molar-refractivity contribution in [3.05, 3.63) is 17.2 Å². The normalized spacial score (nSPS) is 12.2. The Morgan fingerprint density at radius 3 is 2.15 bits per heavy atom. The third-order valence-electron chi connectivity index (χ3n) is 2.45. The molecule has 0 saturated heterocycles. The molecule has 114 valence electrons. The average molecular weight is 296 g/mol. The zero-order valence-electron chi connectivity index (χ0n) is 11.2. The molecular formula is C11H15F3N2O4. The van der Waals surface area contributed by atoms with Crippen LogP contribution in [0.5, 0.6) is 0 Å². The lowest BCUT2D eigenvalue weighted by Crippen LogP contribution is -2.16. The standard InChI is InChI=1S/C11H15F3N2O4/c1-4-19-10(20-5-2)8-15-7(11(12,13)14)6(9(17)18)16(8)3/h10H,4-5H2,1-3H3,(H,17,18). The molecule has 20 heavy (non-hydrogen) atoms.